The van der Waals surface area contributed by atoms with Crippen LogP contribution in [0.1, 0.15) is 18.1 Å². The summed E-state index contributed by atoms with van der Waals surface area (Å²) >= 11 is 0. The zero-order valence-corrected chi connectivity index (χ0v) is 10.9. The van der Waals surface area contributed by atoms with E-state index in [4.69, 9.17) is 4.42 Å². The Morgan fingerprint density at radius 1 is 1.39 bits per heavy atom. The minimum Gasteiger partial charge on any atom is -0.472 e. The van der Waals surface area contributed by atoms with Crippen molar-refractivity contribution in [2.24, 2.45) is 0 Å². The summed E-state index contributed by atoms with van der Waals surface area (Å²) < 4.78 is 5.10. The van der Waals surface area contributed by atoms with E-state index in [0.717, 1.165) is 19.6 Å². The molecule has 0 saturated heterocycles. The van der Waals surface area contributed by atoms with E-state index in [0.29, 0.717) is 0 Å². The van der Waals surface area contributed by atoms with E-state index < -0.39 is 0 Å². The Hall–Kier alpha value is -1.81. The van der Waals surface area contributed by atoms with Gasteiger partial charge in [-0.05, 0) is 18.7 Å². The number of furan rings is 1. The van der Waals surface area contributed by atoms with Crippen molar-refractivity contribution in [1.82, 2.24) is 10.3 Å². The van der Waals surface area contributed by atoms with Crippen molar-refractivity contribution in [3.05, 3.63) is 48.2 Å². The Morgan fingerprint density at radius 3 is 3.00 bits per heavy atom. The van der Waals surface area contributed by atoms with Gasteiger partial charge in [-0.1, -0.05) is 6.92 Å². The molecule has 4 heteroatoms. The molecule has 0 fully saturated rings. The van der Waals surface area contributed by atoms with Gasteiger partial charge < -0.3 is 14.6 Å². The average Bonchev–Trinajstić information content (AvgIpc) is 2.89. The fraction of sp³-hybridized carbons (Fsp3) is 0.357. The maximum atomic E-state index is 5.10. The number of hydrogen-bond donors (Lipinski definition) is 1. The molecule has 0 aromatic carbocycles. The predicted octanol–water partition coefficient (Wildman–Crippen LogP) is 2.42. The van der Waals surface area contributed by atoms with Crippen molar-refractivity contribution < 1.29 is 4.42 Å². The highest BCUT2D eigenvalue weighted by molar-refractivity contribution is 5.51. The number of aromatic nitrogens is 1. The molecule has 18 heavy (non-hydrogen) atoms. The highest BCUT2D eigenvalue weighted by atomic mass is 16.3. The van der Waals surface area contributed by atoms with Gasteiger partial charge in [0.15, 0.2) is 0 Å². The molecule has 2 heterocycles. The predicted molar refractivity (Wildman–Crippen MR) is 72.4 cm³/mol. The van der Waals surface area contributed by atoms with E-state index in [2.05, 4.69) is 29.2 Å². The Bertz CT molecular complexity index is 468. The third kappa shape index (κ3) is 3.11. The fourth-order valence-electron chi connectivity index (χ4n) is 1.93. The molecule has 0 spiro atoms. The van der Waals surface area contributed by atoms with Crippen molar-refractivity contribution in [2.75, 3.05) is 18.5 Å². The van der Waals surface area contributed by atoms with Crippen LogP contribution >= 0.6 is 0 Å². The van der Waals surface area contributed by atoms with Gasteiger partial charge in [-0.3, -0.25) is 4.98 Å². The summed E-state index contributed by atoms with van der Waals surface area (Å²) in [4.78, 5) is 6.40. The molecule has 2 rings (SSSR count). The van der Waals surface area contributed by atoms with Crippen LogP contribution in [-0.4, -0.2) is 18.6 Å². The summed E-state index contributed by atoms with van der Waals surface area (Å²) in [6.45, 7) is 4.74. The monoisotopic (exact) mass is 245 g/mol. The molecule has 0 bridgehead atoms. The summed E-state index contributed by atoms with van der Waals surface area (Å²) in [5.74, 6) is 0. The van der Waals surface area contributed by atoms with E-state index in [1.807, 2.05) is 24.5 Å². The minimum atomic E-state index is 0.833. The molecule has 96 valence electrons. The van der Waals surface area contributed by atoms with Gasteiger partial charge in [-0.25, -0.2) is 0 Å². The first-order chi connectivity index (χ1) is 8.81. The third-order valence-electron chi connectivity index (χ3n) is 2.85. The van der Waals surface area contributed by atoms with Crippen LogP contribution in [0, 0.1) is 0 Å². The SMILES string of the molecule is CCNCc1cnccc1N(C)Cc1ccoc1. The Kier molecular flexibility index (Phi) is 4.36. The molecule has 2 aromatic heterocycles. The molecular weight excluding hydrogens is 226 g/mol. The van der Waals surface area contributed by atoms with Gasteiger partial charge in [-0.2, -0.15) is 0 Å². The second-order valence-electron chi connectivity index (χ2n) is 4.27. The molecule has 0 saturated carbocycles. The molecule has 0 amide bonds. The van der Waals surface area contributed by atoms with Crippen LogP contribution in [0.5, 0.6) is 0 Å². The highest BCUT2D eigenvalue weighted by Crippen LogP contribution is 2.20. The topological polar surface area (TPSA) is 41.3 Å². The lowest BCUT2D eigenvalue weighted by molar-refractivity contribution is 0.563. The first-order valence-electron chi connectivity index (χ1n) is 6.17. The minimum absolute atomic E-state index is 0.833. The first-order valence-corrected chi connectivity index (χ1v) is 6.17. The summed E-state index contributed by atoms with van der Waals surface area (Å²) in [5.41, 5.74) is 3.58. The Morgan fingerprint density at radius 2 is 2.28 bits per heavy atom. The summed E-state index contributed by atoms with van der Waals surface area (Å²) in [6.07, 6.45) is 7.23. The number of hydrogen-bond acceptors (Lipinski definition) is 4. The standard InChI is InChI=1S/C14H19N3O/c1-3-15-8-13-9-16-6-4-14(13)17(2)10-12-5-7-18-11-12/h4-7,9,11,15H,3,8,10H2,1-2H3. The Labute approximate surface area is 108 Å². The maximum absolute atomic E-state index is 5.10. The molecule has 0 unspecified atom stereocenters. The summed E-state index contributed by atoms with van der Waals surface area (Å²) in [7, 11) is 2.08. The van der Waals surface area contributed by atoms with E-state index in [1.165, 1.54) is 16.8 Å². The number of nitrogens with one attached hydrogen (secondary N) is 1. The largest absolute Gasteiger partial charge is 0.472 e. The van der Waals surface area contributed by atoms with Gasteiger partial charge >= 0.3 is 0 Å². The van der Waals surface area contributed by atoms with E-state index in [9.17, 15) is 0 Å². The van der Waals surface area contributed by atoms with Crippen LogP contribution in [0.15, 0.2) is 41.5 Å². The number of anilines is 1. The van der Waals surface area contributed by atoms with E-state index >= 15 is 0 Å². The summed E-state index contributed by atoms with van der Waals surface area (Å²) in [6, 6.07) is 4.04. The molecule has 0 aliphatic rings. The molecule has 0 radical (unpaired) electrons. The average molecular weight is 245 g/mol. The summed E-state index contributed by atoms with van der Waals surface area (Å²) in [5, 5.41) is 3.33. The molecule has 0 aliphatic heterocycles. The van der Waals surface area contributed by atoms with Crippen molar-refractivity contribution in [2.45, 2.75) is 20.0 Å². The first kappa shape index (κ1) is 12.6. The van der Waals surface area contributed by atoms with Gasteiger partial charge in [0.1, 0.15) is 0 Å². The van der Waals surface area contributed by atoms with Crippen molar-refractivity contribution in [3.63, 3.8) is 0 Å². The maximum Gasteiger partial charge on any atom is 0.0952 e. The van der Waals surface area contributed by atoms with Gasteiger partial charge in [0.25, 0.3) is 0 Å². The van der Waals surface area contributed by atoms with Gasteiger partial charge in [0.2, 0.25) is 0 Å². The van der Waals surface area contributed by atoms with Crippen LogP contribution in [0.2, 0.25) is 0 Å². The van der Waals surface area contributed by atoms with Gasteiger partial charge in [-0.15, -0.1) is 0 Å². The van der Waals surface area contributed by atoms with Crippen LogP contribution < -0.4 is 10.2 Å². The second-order valence-corrected chi connectivity index (χ2v) is 4.27. The third-order valence-corrected chi connectivity index (χ3v) is 2.85. The highest BCUT2D eigenvalue weighted by Gasteiger charge is 2.08. The number of pyridine rings is 1. The zero-order chi connectivity index (χ0) is 12.8. The smallest absolute Gasteiger partial charge is 0.0952 e. The second kappa shape index (κ2) is 6.21. The molecular formula is C14H19N3O. The van der Waals surface area contributed by atoms with Crippen molar-refractivity contribution in [1.29, 1.82) is 0 Å². The fourth-order valence-corrected chi connectivity index (χ4v) is 1.93. The molecule has 2 aromatic rings. The zero-order valence-electron chi connectivity index (χ0n) is 10.9. The lowest BCUT2D eigenvalue weighted by Crippen LogP contribution is -2.20. The molecule has 4 nitrogen and oxygen atoms in total. The number of rotatable bonds is 6. The lowest BCUT2D eigenvalue weighted by atomic mass is 10.2. The number of nitrogens with zero attached hydrogens (tertiary/aromatic N) is 2. The molecule has 0 atom stereocenters. The van der Waals surface area contributed by atoms with Crippen LogP contribution in [-0.2, 0) is 13.1 Å². The normalized spacial score (nSPS) is 10.6. The van der Waals surface area contributed by atoms with Crippen LogP contribution in [0.25, 0.3) is 0 Å². The quantitative estimate of drug-likeness (QED) is 0.848. The van der Waals surface area contributed by atoms with Crippen LogP contribution in [0.4, 0.5) is 5.69 Å². The molecule has 0 aliphatic carbocycles. The van der Waals surface area contributed by atoms with Crippen molar-refractivity contribution >= 4 is 5.69 Å². The van der Waals surface area contributed by atoms with Crippen molar-refractivity contribution in [3.8, 4) is 0 Å². The lowest BCUT2D eigenvalue weighted by Gasteiger charge is -2.21. The van der Waals surface area contributed by atoms with Gasteiger partial charge in [0.05, 0.1) is 12.5 Å². The van der Waals surface area contributed by atoms with Gasteiger partial charge in [0, 0.05) is 49.3 Å². The Balaban J connectivity index is 2.11. The molecule has 1 N–H and O–H groups in total. The van der Waals surface area contributed by atoms with Crippen LogP contribution in [0.3, 0.4) is 0 Å². The van der Waals surface area contributed by atoms with E-state index in [1.54, 1.807) is 12.5 Å². The van der Waals surface area contributed by atoms with E-state index in [-0.39, 0.29) is 0 Å².